The molecule has 3 saturated heterocycles. The van der Waals surface area contributed by atoms with Crippen LogP contribution in [0.15, 0.2) is 0 Å². The number of ether oxygens (including phenoxy) is 8. The minimum atomic E-state index is -0.649. The quantitative estimate of drug-likeness (QED) is 0.102. The van der Waals surface area contributed by atoms with Gasteiger partial charge in [-0.15, -0.1) is 0 Å². The number of carbonyl (C=O) groups excluding carboxylic acids is 9. The van der Waals surface area contributed by atoms with Crippen LogP contribution in [0.1, 0.15) is 347 Å². The van der Waals surface area contributed by atoms with E-state index in [0.29, 0.717) is 84.5 Å². The van der Waals surface area contributed by atoms with Gasteiger partial charge in [0.1, 0.15) is 29.0 Å². The van der Waals surface area contributed by atoms with Gasteiger partial charge in [0.15, 0.2) is 0 Å². The van der Waals surface area contributed by atoms with Crippen LogP contribution in [-0.4, -0.2) is 106 Å². The highest BCUT2D eigenvalue weighted by molar-refractivity contribution is 5.96. The van der Waals surface area contributed by atoms with Crippen molar-refractivity contribution in [2.24, 2.45) is 141 Å². The lowest BCUT2D eigenvalue weighted by molar-refractivity contribution is -0.225. The molecule has 0 aromatic carbocycles. The average Bonchev–Trinajstić information content (AvgIpc) is 1.15. The van der Waals surface area contributed by atoms with Crippen LogP contribution in [-0.2, 0) is 81.0 Å². The third kappa shape index (κ3) is 21.5. The van der Waals surface area contributed by atoms with Crippen LogP contribution in [0.3, 0.4) is 0 Å². The third-order valence-electron chi connectivity index (χ3n) is 29.3. The van der Waals surface area contributed by atoms with E-state index in [1.165, 1.54) is 44.9 Å². The van der Waals surface area contributed by atoms with E-state index in [0.717, 1.165) is 113 Å². The summed E-state index contributed by atoms with van der Waals surface area (Å²) in [4.78, 5) is 105. The average molecular weight is 1560 g/mol. The molecule has 14 bridgehead atoms. The van der Waals surface area contributed by atoms with Gasteiger partial charge in [-0.25, -0.2) is 4.79 Å². The SMILES string of the molecule is C.C.C.C.C.C.C.C.C.C.CC1C(=O)OC(=O)C1C.CC1C2CC(C(=O)OC(C)(C)C)C(C2)C1C.CC1C2CC(C(=O)OC3CCOC3=O)C(C2)C1C.CCC(C)(C)C(=O)OC1(CC)C2CC3CC(C2)CC1C3.CCC(C)(C)C(=O)OC12CC3CC(CC(O)(C3)C1)C2.CCC(C)(C)C(=O)OC1C2CC3C(=O)OC1C3C2. The summed E-state index contributed by atoms with van der Waals surface area (Å²) in [7, 11) is 0. The van der Waals surface area contributed by atoms with Gasteiger partial charge in [-0.1, -0.05) is 144 Å². The molecule has 1 N–H and O–H groups in total. The Balaban J connectivity index is 0.00000129. The molecule has 3 heterocycles. The molecule has 14 aliphatic carbocycles. The Morgan fingerprint density at radius 1 is 0.464 bits per heavy atom. The fourth-order valence-corrected chi connectivity index (χ4v) is 21.8. The van der Waals surface area contributed by atoms with Crippen molar-refractivity contribution in [3.8, 4) is 0 Å². The fourth-order valence-electron chi connectivity index (χ4n) is 21.8. The van der Waals surface area contributed by atoms with Crippen molar-refractivity contribution >= 4 is 53.7 Å². The highest BCUT2D eigenvalue weighted by Crippen LogP contribution is 2.63. The zero-order valence-electron chi connectivity index (χ0n) is 64.5. The predicted octanol–water partition coefficient (Wildman–Crippen LogP) is 21.3. The Bertz CT molecular complexity index is 2980. The molecule has 0 radical (unpaired) electrons. The van der Waals surface area contributed by atoms with E-state index in [9.17, 15) is 48.3 Å². The first-order valence-corrected chi connectivity index (χ1v) is 39.6. The third-order valence-corrected chi connectivity index (χ3v) is 29.3. The van der Waals surface area contributed by atoms with Gasteiger partial charge in [-0.05, 0) is 274 Å². The largest absolute Gasteiger partial charge is 0.463 e. The van der Waals surface area contributed by atoms with E-state index in [1.807, 2.05) is 76.2 Å². The summed E-state index contributed by atoms with van der Waals surface area (Å²) < 4.78 is 43.3. The van der Waals surface area contributed by atoms with Gasteiger partial charge in [0.2, 0.25) is 6.10 Å². The fraction of sp³-hybridized carbons (Fsp3) is 0.902. The molecule has 0 aromatic heterocycles. The summed E-state index contributed by atoms with van der Waals surface area (Å²) in [5.41, 5.74) is -2.58. The number of aliphatic hydroxyl groups is 1. The maximum absolute atomic E-state index is 12.6. The van der Waals surface area contributed by atoms with Crippen LogP contribution in [0.2, 0.25) is 0 Å². The number of carbonyl (C=O) groups is 9. The maximum Gasteiger partial charge on any atom is 0.347 e. The molecule has 14 saturated carbocycles. The van der Waals surface area contributed by atoms with Crippen molar-refractivity contribution in [3.05, 3.63) is 0 Å². The van der Waals surface area contributed by atoms with Crippen molar-refractivity contribution < 1.29 is 86.2 Å². The lowest BCUT2D eigenvalue weighted by atomic mass is 9.49. The number of hydrogen-bond acceptors (Lipinski definition) is 18. The molecule has 0 spiro atoms. The van der Waals surface area contributed by atoms with Crippen molar-refractivity contribution in [3.63, 3.8) is 0 Å². The number of cyclic esters (lactones) is 3. The molecule has 3 aliphatic heterocycles. The molecule has 18 heteroatoms. The van der Waals surface area contributed by atoms with Crippen LogP contribution in [0.25, 0.3) is 0 Å². The predicted molar refractivity (Wildman–Crippen MR) is 440 cm³/mol. The van der Waals surface area contributed by atoms with E-state index >= 15 is 0 Å². The van der Waals surface area contributed by atoms with Gasteiger partial charge in [-0.3, -0.25) is 38.4 Å². The normalized spacial score (nSPS) is 38.8. The van der Waals surface area contributed by atoms with Crippen molar-refractivity contribution in [2.75, 3.05) is 6.61 Å². The topological polar surface area (TPSA) is 248 Å². The molecular formula is C92H168O18. The second-order valence-electron chi connectivity index (χ2n) is 37.9. The summed E-state index contributed by atoms with van der Waals surface area (Å²) in [6.07, 6.45) is 21.4. The van der Waals surface area contributed by atoms with Gasteiger partial charge >= 0.3 is 53.7 Å². The Labute approximate surface area is 671 Å². The highest BCUT2D eigenvalue weighted by atomic mass is 16.6. The van der Waals surface area contributed by atoms with Crippen molar-refractivity contribution in [1.29, 1.82) is 0 Å². The number of esters is 9. The highest BCUT2D eigenvalue weighted by Gasteiger charge is 2.65. The molecule has 17 rings (SSSR count). The second kappa shape index (κ2) is 39.8. The molecule has 0 amide bonds. The van der Waals surface area contributed by atoms with E-state index in [2.05, 4.69) is 46.3 Å². The Hall–Kier alpha value is -4.61. The van der Waals surface area contributed by atoms with Crippen molar-refractivity contribution in [1.82, 2.24) is 0 Å². The summed E-state index contributed by atoms with van der Waals surface area (Å²) in [5, 5.41) is 10.6. The number of hydrogen-bond donors (Lipinski definition) is 1. The molecular weight excluding hydrogens is 1390 g/mol. The monoisotopic (exact) mass is 1560 g/mol. The minimum absolute atomic E-state index is 0. The van der Waals surface area contributed by atoms with Crippen LogP contribution in [0.4, 0.5) is 0 Å². The molecule has 20 unspecified atom stereocenters. The summed E-state index contributed by atoms with van der Waals surface area (Å²) >= 11 is 0. The van der Waals surface area contributed by atoms with E-state index < -0.39 is 34.5 Å². The zero-order chi connectivity index (χ0) is 73.5. The zero-order valence-corrected chi connectivity index (χ0v) is 64.5. The molecule has 110 heavy (non-hydrogen) atoms. The molecule has 18 nitrogen and oxygen atoms in total. The molecule has 17 aliphatic rings. The van der Waals surface area contributed by atoms with Gasteiger partial charge in [0.25, 0.3) is 0 Å². The van der Waals surface area contributed by atoms with Crippen LogP contribution < -0.4 is 0 Å². The van der Waals surface area contributed by atoms with Gasteiger partial charge in [-0.2, -0.15) is 0 Å². The number of rotatable bonds is 13. The molecule has 644 valence electrons. The second-order valence-corrected chi connectivity index (χ2v) is 37.9. The summed E-state index contributed by atoms with van der Waals surface area (Å²) in [6, 6.07) is 0. The minimum Gasteiger partial charge on any atom is -0.463 e. The Morgan fingerprint density at radius 3 is 1.27 bits per heavy atom. The Kier molecular flexibility index (Phi) is 38.2. The van der Waals surface area contributed by atoms with Gasteiger partial charge < -0.3 is 43.0 Å². The first kappa shape index (κ1) is 105. The summed E-state index contributed by atoms with van der Waals surface area (Å²) in [5.74, 6) is 8.29. The lowest BCUT2D eigenvalue weighted by Crippen LogP contribution is -2.61. The maximum atomic E-state index is 12.6. The van der Waals surface area contributed by atoms with Crippen LogP contribution in [0.5, 0.6) is 0 Å². The lowest BCUT2D eigenvalue weighted by Gasteiger charge is -2.60. The number of fused-ring (bicyclic) bond motifs is 5. The molecule has 20 atom stereocenters. The summed E-state index contributed by atoms with van der Waals surface area (Å²) in [6.45, 7) is 38.8. The van der Waals surface area contributed by atoms with Crippen LogP contribution >= 0.6 is 0 Å². The molecule has 17 fully saturated rings. The Morgan fingerprint density at radius 2 is 0.891 bits per heavy atom. The van der Waals surface area contributed by atoms with Gasteiger partial charge in [0, 0.05) is 24.7 Å². The molecule has 0 aromatic rings. The van der Waals surface area contributed by atoms with Crippen LogP contribution in [0, 0.1) is 141 Å². The first-order chi connectivity index (χ1) is 46.6. The van der Waals surface area contributed by atoms with E-state index in [1.54, 1.807) is 13.8 Å². The van der Waals surface area contributed by atoms with E-state index in [-0.39, 0.29) is 180 Å². The van der Waals surface area contributed by atoms with Crippen molar-refractivity contribution in [2.45, 2.75) is 388 Å². The smallest absolute Gasteiger partial charge is 0.347 e. The first-order valence-electron chi connectivity index (χ1n) is 39.6. The van der Waals surface area contributed by atoms with E-state index in [4.69, 9.17) is 33.2 Å². The standard InChI is InChI=1S/C18H30O2.C16H26O3.2C14H20O4.C14H24O2.C6H8O3.10CH4/c1-5-17(3,4)16(19)20-18(6-2)14-8-12-7-13(10-14)11-15(18)9-12;1-4-14(2,3)13(17)19-16-8-11-5-12(9-16)7-15(18,6-11)10-16;1-7-8(2)10-5-9(7)6-11(10)13(15)18-12-3-4-17-14(12)16;1-4-14(2,3)13(16)18-10-7-5-8-9(6-7)12(15)17-11(8)10;1-8-9(2)11-6-10(8)7-12(11)13(15)16-14(3,4)5;1-3-4(2)6(8)9-5(3)7;;;;;;;;;;/h12-15H,5-11H2,1-4H3;11-12,18H,4-10H2,1-3H3;7-12H,3-6H2,1-2H3;7-11H,4-6H2,1-3H3;8-12H,6-7H2,1-5H3;3-4H,1-2H3;10*1H4. The van der Waals surface area contributed by atoms with Gasteiger partial charge in [0.05, 0.1) is 58.0 Å².